The van der Waals surface area contributed by atoms with Crippen LogP contribution < -0.4 is 14.8 Å². The zero-order valence-corrected chi connectivity index (χ0v) is 30.0. The number of carbonyl (C=O) groups excluding carboxylic acids is 2. The third-order valence-corrected chi connectivity index (χ3v) is 8.52. The van der Waals surface area contributed by atoms with E-state index in [2.05, 4.69) is 20.2 Å². The largest absolute Gasteiger partial charge is 0.484 e. The molecule has 10 nitrogen and oxygen atoms in total. The normalized spacial score (nSPS) is 13.8. The lowest BCUT2D eigenvalue weighted by Gasteiger charge is -2.34. The van der Waals surface area contributed by atoms with E-state index < -0.39 is 30.4 Å². The van der Waals surface area contributed by atoms with Crippen LogP contribution in [0.25, 0.3) is 10.9 Å². The highest BCUT2D eigenvalue weighted by atomic mass is 79.9. The quantitative estimate of drug-likeness (QED) is 0.152. The van der Waals surface area contributed by atoms with Crippen LogP contribution in [-0.2, 0) is 19.8 Å². The lowest BCUT2D eigenvalue weighted by atomic mass is 10.0. The number of hydrogen-bond acceptors (Lipinski definition) is 7. The average Bonchev–Trinajstić information content (AvgIpc) is 3.43. The molecule has 1 aliphatic rings. The fourth-order valence-corrected chi connectivity index (χ4v) is 5.80. The van der Waals surface area contributed by atoms with Crippen LogP contribution in [0.5, 0.6) is 17.5 Å². The number of nitrogens with zero attached hydrogens (tertiary/aromatic N) is 5. The van der Waals surface area contributed by atoms with Crippen LogP contribution in [0.4, 0.5) is 32.0 Å². The van der Waals surface area contributed by atoms with Gasteiger partial charge in [-0.1, -0.05) is 12.1 Å². The van der Waals surface area contributed by atoms with Crippen LogP contribution in [0.2, 0.25) is 0 Å². The zero-order valence-electron chi connectivity index (χ0n) is 28.3. The van der Waals surface area contributed by atoms with Crippen molar-refractivity contribution in [2.24, 2.45) is 7.05 Å². The molecule has 280 valence electrons. The predicted octanol–water partition coefficient (Wildman–Crippen LogP) is 7.82. The Bertz CT molecular complexity index is 2080. The van der Waals surface area contributed by atoms with Crippen molar-refractivity contribution >= 4 is 45.4 Å². The molecular formula is C36H33BrF6N6O4. The van der Waals surface area contributed by atoms with Gasteiger partial charge >= 0.3 is 18.4 Å². The topological polar surface area (TPSA) is 102 Å². The van der Waals surface area contributed by atoms with Gasteiger partial charge in [0, 0.05) is 56.8 Å². The van der Waals surface area contributed by atoms with Crippen molar-refractivity contribution in [2.45, 2.75) is 25.8 Å². The molecule has 1 saturated heterocycles. The molecule has 0 unspecified atom stereocenters. The molecule has 17 heteroatoms. The molecule has 5 aromatic rings. The van der Waals surface area contributed by atoms with E-state index in [1.807, 2.05) is 6.07 Å². The summed E-state index contributed by atoms with van der Waals surface area (Å²) in [5.41, 5.74) is 1.76. The van der Waals surface area contributed by atoms with Crippen LogP contribution in [0, 0.1) is 6.92 Å². The zero-order chi connectivity index (χ0) is 37.2. The van der Waals surface area contributed by atoms with E-state index in [1.54, 1.807) is 46.8 Å². The molecule has 0 bridgehead atoms. The van der Waals surface area contributed by atoms with Crippen molar-refractivity contribution in [3.63, 3.8) is 0 Å². The Balaban J connectivity index is 0.00000541. The summed E-state index contributed by atoms with van der Waals surface area (Å²) in [5.74, 6) is -0.193. The van der Waals surface area contributed by atoms with Crippen molar-refractivity contribution in [3.05, 3.63) is 107 Å². The van der Waals surface area contributed by atoms with Crippen LogP contribution in [0.1, 0.15) is 37.5 Å². The minimum Gasteiger partial charge on any atom is -0.484 e. The van der Waals surface area contributed by atoms with Crippen LogP contribution in [0.3, 0.4) is 0 Å². The number of anilines is 1. The van der Waals surface area contributed by atoms with E-state index in [-0.39, 0.29) is 51.5 Å². The molecule has 1 aliphatic heterocycles. The number of halogens is 7. The standard InChI is InChI=1S/C36H32F6N6O4.BrH/c1-22-15-25(36(40,41)42)6-10-29(22)32(49)45-26-18-43-34(44-19-26)52-28-9-5-24-16-31(46(2)30(24)17-28)33(50)48-13-11-47(12-14-48)20-23-3-7-27(8-4-23)51-21-35(37,38)39;/h3-10,15-19H,11-14,20-21H2,1-2H3,(H,45,49);1H. The van der Waals surface area contributed by atoms with Gasteiger partial charge in [0.05, 0.1) is 29.2 Å². The Morgan fingerprint density at radius 1 is 0.849 bits per heavy atom. The molecule has 6 rings (SSSR count). The maximum Gasteiger partial charge on any atom is 0.422 e. The Hall–Kier alpha value is -5.16. The molecular weight excluding hydrogens is 774 g/mol. The Morgan fingerprint density at radius 2 is 1.51 bits per heavy atom. The monoisotopic (exact) mass is 806 g/mol. The van der Waals surface area contributed by atoms with Gasteiger partial charge in [-0.3, -0.25) is 14.5 Å². The van der Waals surface area contributed by atoms with Gasteiger partial charge in [0.15, 0.2) is 6.61 Å². The molecule has 0 spiro atoms. The van der Waals surface area contributed by atoms with Gasteiger partial charge < -0.3 is 24.3 Å². The second-order valence-electron chi connectivity index (χ2n) is 12.3. The smallest absolute Gasteiger partial charge is 0.422 e. The van der Waals surface area contributed by atoms with E-state index in [4.69, 9.17) is 9.47 Å². The number of hydrogen-bond donors (Lipinski definition) is 1. The minimum atomic E-state index is -4.52. The minimum absolute atomic E-state index is 0. The van der Waals surface area contributed by atoms with Gasteiger partial charge in [0.2, 0.25) is 0 Å². The third kappa shape index (κ3) is 9.64. The number of aromatic nitrogens is 3. The summed E-state index contributed by atoms with van der Waals surface area (Å²) in [6.07, 6.45) is -6.30. The van der Waals surface area contributed by atoms with Gasteiger partial charge in [-0.2, -0.15) is 26.3 Å². The highest BCUT2D eigenvalue weighted by Crippen LogP contribution is 2.31. The molecule has 2 amide bonds. The van der Waals surface area contributed by atoms with Crippen molar-refractivity contribution < 1.29 is 45.4 Å². The van der Waals surface area contributed by atoms with Gasteiger partial charge in [-0.15, -0.1) is 17.0 Å². The lowest BCUT2D eigenvalue weighted by molar-refractivity contribution is -0.153. The highest BCUT2D eigenvalue weighted by molar-refractivity contribution is 8.93. The molecule has 0 aliphatic carbocycles. The first-order chi connectivity index (χ1) is 24.6. The third-order valence-electron chi connectivity index (χ3n) is 8.52. The number of fused-ring (bicyclic) bond motifs is 1. The number of ether oxygens (including phenoxy) is 2. The molecule has 0 atom stereocenters. The molecule has 53 heavy (non-hydrogen) atoms. The van der Waals surface area contributed by atoms with Crippen molar-refractivity contribution in [1.82, 2.24) is 24.3 Å². The Morgan fingerprint density at radius 3 is 2.13 bits per heavy atom. The van der Waals surface area contributed by atoms with Crippen molar-refractivity contribution in [2.75, 3.05) is 38.1 Å². The van der Waals surface area contributed by atoms with Gasteiger partial charge in [0.1, 0.15) is 17.2 Å². The number of aryl methyl sites for hydroxylation is 2. The summed E-state index contributed by atoms with van der Waals surface area (Å²) in [6.45, 7) is 2.90. The second kappa shape index (κ2) is 15.8. The van der Waals surface area contributed by atoms with E-state index >= 15 is 0 Å². The number of alkyl halides is 6. The summed E-state index contributed by atoms with van der Waals surface area (Å²) in [7, 11) is 1.78. The van der Waals surface area contributed by atoms with E-state index in [1.165, 1.54) is 31.5 Å². The number of rotatable bonds is 9. The van der Waals surface area contributed by atoms with Gasteiger partial charge in [-0.25, -0.2) is 9.97 Å². The second-order valence-corrected chi connectivity index (χ2v) is 12.3. The number of piperazine rings is 1. The molecule has 0 saturated carbocycles. The summed E-state index contributed by atoms with van der Waals surface area (Å²) >= 11 is 0. The number of amides is 2. The summed E-state index contributed by atoms with van der Waals surface area (Å²) < 4.78 is 88.5. The molecule has 3 aromatic carbocycles. The van der Waals surface area contributed by atoms with E-state index in [9.17, 15) is 35.9 Å². The summed E-state index contributed by atoms with van der Waals surface area (Å²) in [5, 5.41) is 3.38. The van der Waals surface area contributed by atoms with Crippen LogP contribution in [0.15, 0.2) is 79.1 Å². The molecule has 1 fully saturated rings. The number of benzene rings is 3. The maximum atomic E-state index is 13.5. The highest BCUT2D eigenvalue weighted by Gasteiger charge is 2.31. The van der Waals surface area contributed by atoms with Gasteiger partial charge in [-0.05, 0) is 66.6 Å². The Kier molecular flexibility index (Phi) is 11.7. The maximum absolute atomic E-state index is 13.5. The molecule has 1 N–H and O–H groups in total. The first-order valence-electron chi connectivity index (χ1n) is 16.0. The van der Waals surface area contributed by atoms with E-state index in [0.29, 0.717) is 44.2 Å². The molecule has 3 heterocycles. The first kappa shape index (κ1) is 39.1. The summed E-state index contributed by atoms with van der Waals surface area (Å²) in [4.78, 5) is 38.4. The molecule has 2 aromatic heterocycles. The Labute approximate surface area is 310 Å². The fraction of sp³-hybridized carbons (Fsp3) is 0.278. The average molecular weight is 808 g/mol. The number of carbonyl (C=O) groups is 2. The first-order valence-corrected chi connectivity index (χ1v) is 16.0. The van der Waals surface area contributed by atoms with Crippen molar-refractivity contribution in [3.8, 4) is 17.5 Å². The van der Waals surface area contributed by atoms with E-state index in [0.717, 1.165) is 34.7 Å². The van der Waals surface area contributed by atoms with Gasteiger partial charge in [0.25, 0.3) is 11.8 Å². The summed E-state index contributed by atoms with van der Waals surface area (Å²) in [6, 6.07) is 16.4. The fourth-order valence-electron chi connectivity index (χ4n) is 5.80. The lowest BCUT2D eigenvalue weighted by Crippen LogP contribution is -2.48. The number of nitrogens with one attached hydrogen (secondary N) is 1. The van der Waals surface area contributed by atoms with Crippen LogP contribution in [-0.4, -0.2) is 75.1 Å². The SMILES string of the molecule is Br.Cc1cc(C(F)(F)F)ccc1C(=O)Nc1cnc(Oc2ccc3cc(C(=O)N4CCN(Cc5ccc(OCC(F)(F)F)cc5)CC4)n(C)c3c2)nc1. The molecule has 0 radical (unpaired) electrons. The van der Waals surface area contributed by atoms with Crippen LogP contribution >= 0.6 is 17.0 Å². The predicted molar refractivity (Wildman–Crippen MR) is 189 cm³/mol. The van der Waals surface area contributed by atoms with Crippen molar-refractivity contribution in [1.29, 1.82) is 0 Å².